The molecule has 0 amide bonds. The Morgan fingerprint density at radius 3 is 2.00 bits per heavy atom. The van der Waals surface area contributed by atoms with Gasteiger partial charge < -0.3 is 9.84 Å². The van der Waals surface area contributed by atoms with Gasteiger partial charge in [-0.1, -0.05) is 83.3 Å². The van der Waals surface area contributed by atoms with Crippen molar-refractivity contribution in [3.63, 3.8) is 0 Å². The van der Waals surface area contributed by atoms with Crippen LogP contribution >= 0.6 is 0 Å². The lowest BCUT2D eigenvalue weighted by Gasteiger charge is -2.38. The third-order valence-corrected chi connectivity index (χ3v) is 8.44. The number of aliphatic hydroxyl groups is 1. The summed E-state index contributed by atoms with van der Waals surface area (Å²) in [6.07, 6.45) is 22.8. The fraction of sp³-hybridized carbons (Fsp3) is 0.767. The van der Waals surface area contributed by atoms with Gasteiger partial charge in [-0.25, -0.2) is 0 Å². The number of ether oxygens (including phenoxy) is 1. The Hall–Kier alpha value is -1.35. The summed E-state index contributed by atoms with van der Waals surface area (Å²) in [5.74, 6) is 3.79. The molecule has 0 unspecified atom stereocenters. The summed E-state index contributed by atoms with van der Waals surface area (Å²) >= 11 is 0. The number of hydrogen-bond donors (Lipinski definition) is 1. The van der Waals surface area contributed by atoms with E-state index in [1.54, 1.807) is 0 Å². The van der Waals surface area contributed by atoms with Crippen molar-refractivity contribution < 1.29 is 14.6 Å². The molecule has 0 saturated heterocycles. The highest BCUT2D eigenvalue weighted by atomic mass is 16.5. The first-order valence-corrected chi connectivity index (χ1v) is 14.1. The fourth-order valence-electron chi connectivity index (χ4n) is 6.34. The number of carbonyl (C=O) groups excluding carboxylic acids is 1. The van der Waals surface area contributed by atoms with E-state index in [4.69, 9.17) is 9.84 Å². The zero-order valence-corrected chi connectivity index (χ0v) is 21.1. The molecule has 2 aliphatic carbocycles. The van der Waals surface area contributed by atoms with E-state index in [-0.39, 0.29) is 19.0 Å². The van der Waals surface area contributed by atoms with E-state index in [9.17, 15) is 4.79 Å². The van der Waals surface area contributed by atoms with Gasteiger partial charge in [0.05, 0.1) is 13.0 Å². The molecule has 1 aromatic carbocycles. The Balaban J connectivity index is 1.30. The van der Waals surface area contributed by atoms with Crippen molar-refractivity contribution in [2.75, 3.05) is 6.61 Å². The molecule has 186 valence electrons. The molecule has 33 heavy (non-hydrogen) atoms. The van der Waals surface area contributed by atoms with Crippen LogP contribution in [0.4, 0.5) is 0 Å². The van der Waals surface area contributed by atoms with Gasteiger partial charge >= 0.3 is 5.97 Å². The van der Waals surface area contributed by atoms with Gasteiger partial charge in [-0.05, 0) is 79.9 Å². The molecule has 1 N–H and O–H groups in total. The first-order chi connectivity index (χ1) is 16.2. The molecule has 3 rings (SSSR count). The molecule has 0 atom stereocenters. The number of carbonyl (C=O) groups is 1. The SMILES string of the molecule is CCCCCCCCCC1CCC(C2CCC(c3ccc(OC(=O)CCO)cc3)CC2)CC1. The highest BCUT2D eigenvalue weighted by Crippen LogP contribution is 2.44. The van der Waals surface area contributed by atoms with Crippen molar-refractivity contribution in [2.24, 2.45) is 17.8 Å². The number of unbranched alkanes of at least 4 members (excludes halogenated alkanes) is 6. The van der Waals surface area contributed by atoms with Crippen LogP contribution in [-0.4, -0.2) is 17.7 Å². The molecule has 0 aromatic heterocycles. The van der Waals surface area contributed by atoms with E-state index in [1.165, 1.54) is 108 Å². The number of benzene rings is 1. The summed E-state index contributed by atoms with van der Waals surface area (Å²) in [6, 6.07) is 8.06. The summed E-state index contributed by atoms with van der Waals surface area (Å²) < 4.78 is 5.25. The quantitative estimate of drug-likeness (QED) is 0.185. The van der Waals surface area contributed by atoms with E-state index >= 15 is 0 Å². The lowest BCUT2D eigenvalue weighted by atomic mass is 9.68. The van der Waals surface area contributed by atoms with E-state index in [2.05, 4.69) is 19.1 Å². The highest BCUT2D eigenvalue weighted by molar-refractivity contribution is 5.72. The summed E-state index contributed by atoms with van der Waals surface area (Å²) in [6.45, 7) is 2.13. The predicted molar refractivity (Wildman–Crippen MR) is 137 cm³/mol. The standard InChI is InChI=1S/C30H48O3/c1-2-3-4-5-6-7-8-9-24-10-12-25(13-11-24)26-14-16-27(17-15-26)28-18-20-29(21-19-28)33-30(32)22-23-31/h18-21,24-27,31H,2-17,22-23H2,1H3. The van der Waals surface area contributed by atoms with Crippen molar-refractivity contribution in [3.05, 3.63) is 29.8 Å². The van der Waals surface area contributed by atoms with Crippen LogP contribution in [0.5, 0.6) is 5.75 Å². The summed E-state index contributed by atoms with van der Waals surface area (Å²) in [5.41, 5.74) is 1.38. The van der Waals surface area contributed by atoms with Crippen molar-refractivity contribution in [2.45, 2.75) is 122 Å². The Kier molecular flexibility index (Phi) is 11.8. The molecule has 0 spiro atoms. The monoisotopic (exact) mass is 456 g/mol. The molecule has 0 bridgehead atoms. The zero-order valence-electron chi connectivity index (χ0n) is 21.1. The normalized spacial score (nSPS) is 25.6. The van der Waals surface area contributed by atoms with Gasteiger partial charge in [0.15, 0.2) is 0 Å². The van der Waals surface area contributed by atoms with Crippen LogP contribution in [0.15, 0.2) is 24.3 Å². The second kappa shape index (κ2) is 14.8. The summed E-state index contributed by atoms with van der Waals surface area (Å²) in [7, 11) is 0. The molecule has 2 fully saturated rings. The van der Waals surface area contributed by atoms with E-state index in [0.29, 0.717) is 11.7 Å². The minimum atomic E-state index is -0.372. The van der Waals surface area contributed by atoms with Crippen molar-refractivity contribution >= 4 is 5.97 Å². The number of aliphatic hydroxyl groups excluding tert-OH is 1. The molecule has 2 aliphatic rings. The lowest BCUT2D eigenvalue weighted by Crippen LogP contribution is -2.25. The van der Waals surface area contributed by atoms with Crippen molar-refractivity contribution in [1.82, 2.24) is 0 Å². The Bertz CT molecular complexity index is 652. The third kappa shape index (κ3) is 9.08. The lowest BCUT2D eigenvalue weighted by molar-refractivity contribution is -0.135. The third-order valence-electron chi connectivity index (χ3n) is 8.44. The van der Waals surface area contributed by atoms with Gasteiger partial charge in [-0.3, -0.25) is 4.79 Å². The van der Waals surface area contributed by atoms with Gasteiger partial charge in [-0.15, -0.1) is 0 Å². The molecular formula is C30H48O3. The molecule has 0 heterocycles. The first-order valence-electron chi connectivity index (χ1n) is 14.1. The number of hydrogen-bond acceptors (Lipinski definition) is 3. The summed E-state index contributed by atoms with van der Waals surface area (Å²) in [5, 5.41) is 8.83. The van der Waals surface area contributed by atoms with E-state index < -0.39 is 0 Å². The average molecular weight is 457 g/mol. The van der Waals surface area contributed by atoms with Gasteiger partial charge in [-0.2, -0.15) is 0 Å². The van der Waals surface area contributed by atoms with Crippen LogP contribution in [-0.2, 0) is 4.79 Å². The van der Waals surface area contributed by atoms with Crippen molar-refractivity contribution in [1.29, 1.82) is 0 Å². The summed E-state index contributed by atoms with van der Waals surface area (Å²) in [4.78, 5) is 11.5. The number of esters is 1. The Labute approximate surface area is 202 Å². The molecule has 1 aromatic rings. The Morgan fingerprint density at radius 2 is 1.39 bits per heavy atom. The molecule has 3 nitrogen and oxygen atoms in total. The molecule has 0 radical (unpaired) electrons. The largest absolute Gasteiger partial charge is 0.426 e. The maximum atomic E-state index is 11.5. The van der Waals surface area contributed by atoms with Gasteiger partial charge in [0.2, 0.25) is 0 Å². The molecule has 3 heteroatoms. The molecule has 2 saturated carbocycles. The predicted octanol–water partition coefficient (Wildman–Crippen LogP) is 8.20. The van der Waals surface area contributed by atoms with E-state index in [0.717, 1.165) is 17.8 Å². The molecular weight excluding hydrogens is 408 g/mol. The van der Waals surface area contributed by atoms with Crippen LogP contribution in [0.2, 0.25) is 0 Å². The van der Waals surface area contributed by atoms with Crippen LogP contribution in [0, 0.1) is 17.8 Å². The second-order valence-corrected chi connectivity index (χ2v) is 10.8. The van der Waals surface area contributed by atoms with Gasteiger partial charge in [0, 0.05) is 0 Å². The average Bonchev–Trinajstić information content (AvgIpc) is 2.85. The van der Waals surface area contributed by atoms with Crippen LogP contribution in [0.3, 0.4) is 0 Å². The van der Waals surface area contributed by atoms with Crippen LogP contribution < -0.4 is 4.74 Å². The minimum Gasteiger partial charge on any atom is -0.426 e. The Morgan fingerprint density at radius 1 is 0.818 bits per heavy atom. The maximum absolute atomic E-state index is 11.5. The first kappa shape index (κ1) is 26.3. The zero-order chi connectivity index (χ0) is 23.3. The minimum absolute atomic E-state index is 0.0484. The maximum Gasteiger partial charge on any atom is 0.313 e. The van der Waals surface area contributed by atoms with Crippen LogP contribution in [0.25, 0.3) is 0 Å². The second-order valence-electron chi connectivity index (χ2n) is 10.8. The fourth-order valence-corrected chi connectivity index (χ4v) is 6.34. The van der Waals surface area contributed by atoms with Crippen LogP contribution in [0.1, 0.15) is 128 Å². The topological polar surface area (TPSA) is 46.5 Å². The number of rotatable bonds is 13. The smallest absolute Gasteiger partial charge is 0.313 e. The van der Waals surface area contributed by atoms with Crippen molar-refractivity contribution in [3.8, 4) is 5.75 Å². The van der Waals surface area contributed by atoms with Gasteiger partial charge in [0.1, 0.15) is 5.75 Å². The van der Waals surface area contributed by atoms with Gasteiger partial charge in [0.25, 0.3) is 0 Å². The van der Waals surface area contributed by atoms with E-state index in [1.807, 2.05) is 12.1 Å². The highest BCUT2D eigenvalue weighted by Gasteiger charge is 2.31. The molecule has 0 aliphatic heterocycles.